The van der Waals surface area contributed by atoms with E-state index in [9.17, 15) is 0 Å². The highest BCUT2D eigenvalue weighted by atomic mass is 16.7. The first kappa shape index (κ1) is 19.5. The zero-order chi connectivity index (χ0) is 18.8. The van der Waals surface area contributed by atoms with Crippen LogP contribution in [0.2, 0.25) is 0 Å². The molecule has 2 atom stereocenters. The molecule has 7 nitrogen and oxygen atoms in total. The topological polar surface area (TPSA) is 94.3 Å². The van der Waals surface area contributed by atoms with Gasteiger partial charge in [-0.15, -0.1) is 0 Å². The average molecular weight is 361 g/mol. The molecule has 1 saturated carbocycles. The molecule has 0 unspecified atom stereocenters. The lowest BCUT2D eigenvalue weighted by molar-refractivity contribution is 0.00578. The van der Waals surface area contributed by atoms with Crippen molar-refractivity contribution in [3.05, 3.63) is 12.4 Å². The van der Waals surface area contributed by atoms with Gasteiger partial charge in [0.05, 0.1) is 11.2 Å². The normalized spacial score (nSPS) is 27.5. The Morgan fingerprint density at radius 2 is 1.65 bits per heavy atom. The van der Waals surface area contributed by atoms with Gasteiger partial charge in [0.15, 0.2) is 0 Å². The maximum atomic E-state index is 6.06. The number of nitrogens with zero attached hydrogens (tertiary/aromatic N) is 2. The molecule has 2 fully saturated rings. The lowest BCUT2D eigenvalue weighted by Crippen LogP contribution is -2.48. The van der Waals surface area contributed by atoms with Crippen LogP contribution in [0.15, 0.2) is 12.4 Å². The summed E-state index contributed by atoms with van der Waals surface area (Å²) in [6, 6.07) is 0.747. The zero-order valence-corrected chi connectivity index (χ0v) is 16.4. The van der Waals surface area contributed by atoms with Crippen LogP contribution in [0.5, 0.6) is 0 Å². The van der Waals surface area contributed by atoms with Gasteiger partial charge in [-0.1, -0.05) is 12.8 Å². The maximum Gasteiger partial charge on any atom is 0.498 e. The van der Waals surface area contributed by atoms with Gasteiger partial charge >= 0.3 is 7.12 Å². The monoisotopic (exact) mass is 361 g/mol. The predicted octanol–water partition coefficient (Wildman–Crippen LogP) is 1.05. The van der Waals surface area contributed by atoms with Crippen molar-refractivity contribution in [2.75, 3.05) is 18.4 Å². The average Bonchev–Trinajstić information content (AvgIpc) is 2.82. The van der Waals surface area contributed by atoms with E-state index in [0.29, 0.717) is 24.6 Å². The van der Waals surface area contributed by atoms with Crippen LogP contribution in [0, 0.1) is 0 Å². The van der Waals surface area contributed by atoms with Gasteiger partial charge in [0.25, 0.3) is 0 Å². The van der Waals surface area contributed by atoms with Crippen molar-refractivity contribution < 1.29 is 9.31 Å². The molecule has 1 aliphatic carbocycles. The molecule has 1 aliphatic heterocycles. The summed E-state index contributed by atoms with van der Waals surface area (Å²) in [6.07, 6.45) is 8.34. The first-order chi connectivity index (χ1) is 12.3. The Labute approximate surface area is 157 Å². The standard InChI is InChI=1S/C18H32BN5O2/c1-17(2)18(3,4)26-19(25-17)13-11-22-16(23-12-13)24-15-8-6-5-7-14(15)21-10-9-20/h11-12,14-15,21H,5-10,20H2,1-4H3,(H,22,23,24)/t14-,15-/m1/s1. The number of aromatic nitrogens is 2. The number of anilines is 1. The van der Waals surface area contributed by atoms with Crippen molar-refractivity contribution in [1.82, 2.24) is 15.3 Å². The van der Waals surface area contributed by atoms with Crippen LogP contribution in [0.3, 0.4) is 0 Å². The molecule has 1 aromatic rings. The highest BCUT2D eigenvalue weighted by Gasteiger charge is 2.51. The molecule has 4 N–H and O–H groups in total. The van der Waals surface area contributed by atoms with Crippen molar-refractivity contribution in [2.24, 2.45) is 5.73 Å². The van der Waals surface area contributed by atoms with Gasteiger partial charge in [-0.3, -0.25) is 0 Å². The highest BCUT2D eigenvalue weighted by molar-refractivity contribution is 6.61. The van der Waals surface area contributed by atoms with Crippen LogP contribution in [0.4, 0.5) is 5.95 Å². The number of nitrogens with one attached hydrogen (secondary N) is 2. The molecule has 3 rings (SSSR count). The molecular formula is C18H32BN5O2. The second kappa shape index (κ2) is 7.80. The van der Waals surface area contributed by atoms with Crippen LogP contribution in [-0.4, -0.2) is 53.5 Å². The van der Waals surface area contributed by atoms with E-state index in [1.165, 1.54) is 12.8 Å². The van der Waals surface area contributed by atoms with Gasteiger partial charge in [0.1, 0.15) is 0 Å². The van der Waals surface area contributed by atoms with Gasteiger partial charge in [-0.25, -0.2) is 9.97 Å². The number of rotatable bonds is 6. The van der Waals surface area contributed by atoms with Crippen molar-refractivity contribution >= 4 is 18.5 Å². The summed E-state index contributed by atoms with van der Waals surface area (Å²) >= 11 is 0. The summed E-state index contributed by atoms with van der Waals surface area (Å²) in [5.74, 6) is 0.650. The van der Waals surface area contributed by atoms with Gasteiger partial charge in [0, 0.05) is 43.0 Å². The molecular weight excluding hydrogens is 329 g/mol. The van der Waals surface area contributed by atoms with Gasteiger partial charge < -0.3 is 25.7 Å². The van der Waals surface area contributed by atoms with Crippen LogP contribution < -0.4 is 21.8 Å². The second-order valence-corrected chi connectivity index (χ2v) is 8.31. The van der Waals surface area contributed by atoms with Crippen LogP contribution in [0.1, 0.15) is 53.4 Å². The molecule has 2 aliphatic rings. The van der Waals surface area contributed by atoms with Gasteiger partial charge in [-0.2, -0.15) is 0 Å². The molecule has 26 heavy (non-hydrogen) atoms. The third-order valence-corrected chi connectivity index (χ3v) is 5.83. The molecule has 1 aromatic heterocycles. The summed E-state index contributed by atoms with van der Waals surface area (Å²) < 4.78 is 12.1. The summed E-state index contributed by atoms with van der Waals surface area (Å²) in [5.41, 5.74) is 5.75. The fourth-order valence-electron chi connectivity index (χ4n) is 3.50. The minimum atomic E-state index is -0.428. The number of hydrogen-bond acceptors (Lipinski definition) is 7. The Balaban J connectivity index is 1.63. The quantitative estimate of drug-likeness (QED) is 0.652. The molecule has 2 heterocycles. The molecule has 0 bridgehead atoms. The first-order valence-electron chi connectivity index (χ1n) is 9.70. The Bertz CT molecular complexity index is 580. The van der Waals surface area contributed by atoms with E-state index >= 15 is 0 Å². The largest absolute Gasteiger partial charge is 0.498 e. The lowest BCUT2D eigenvalue weighted by atomic mass is 9.81. The third kappa shape index (κ3) is 4.19. The molecule has 1 saturated heterocycles. The van der Waals surface area contributed by atoms with Crippen LogP contribution in [0.25, 0.3) is 0 Å². The van der Waals surface area contributed by atoms with Crippen LogP contribution >= 0.6 is 0 Å². The van der Waals surface area contributed by atoms with E-state index in [1.807, 2.05) is 27.7 Å². The molecule has 0 aromatic carbocycles. The lowest BCUT2D eigenvalue weighted by Gasteiger charge is -2.32. The Morgan fingerprint density at radius 3 is 2.23 bits per heavy atom. The molecule has 0 spiro atoms. The molecule has 144 valence electrons. The number of hydrogen-bond donors (Lipinski definition) is 3. The van der Waals surface area contributed by atoms with E-state index in [1.54, 1.807) is 12.4 Å². The SMILES string of the molecule is CC1(C)OB(c2cnc(N[C@@H]3CCCC[C@H]3NCCN)nc2)OC1(C)C. The van der Waals surface area contributed by atoms with Gasteiger partial charge in [-0.05, 0) is 40.5 Å². The predicted molar refractivity (Wildman–Crippen MR) is 104 cm³/mol. The minimum Gasteiger partial charge on any atom is -0.399 e. The zero-order valence-electron chi connectivity index (χ0n) is 16.4. The summed E-state index contributed by atoms with van der Waals surface area (Å²) in [5, 5.41) is 7.02. The molecule has 8 heteroatoms. The third-order valence-electron chi connectivity index (χ3n) is 5.83. The maximum absolute atomic E-state index is 6.06. The summed E-state index contributed by atoms with van der Waals surface area (Å²) in [6.45, 7) is 9.67. The van der Waals surface area contributed by atoms with E-state index < -0.39 is 7.12 Å². The Kier molecular flexibility index (Phi) is 5.86. The van der Waals surface area contributed by atoms with E-state index in [4.69, 9.17) is 15.0 Å². The smallest absolute Gasteiger partial charge is 0.399 e. The highest BCUT2D eigenvalue weighted by Crippen LogP contribution is 2.36. The van der Waals surface area contributed by atoms with Crippen molar-refractivity contribution in [1.29, 1.82) is 0 Å². The van der Waals surface area contributed by atoms with Gasteiger partial charge in [0.2, 0.25) is 5.95 Å². The molecule has 0 radical (unpaired) electrons. The number of nitrogens with two attached hydrogens (primary N) is 1. The first-order valence-corrected chi connectivity index (χ1v) is 9.70. The Hall–Kier alpha value is -1.22. The fraction of sp³-hybridized carbons (Fsp3) is 0.778. The van der Waals surface area contributed by atoms with E-state index in [0.717, 1.165) is 24.8 Å². The fourth-order valence-corrected chi connectivity index (χ4v) is 3.50. The van der Waals surface area contributed by atoms with Crippen molar-refractivity contribution in [3.63, 3.8) is 0 Å². The van der Waals surface area contributed by atoms with E-state index in [2.05, 4.69) is 20.6 Å². The van der Waals surface area contributed by atoms with Crippen LogP contribution in [-0.2, 0) is 9.31 Å². The molecule has 0 amide bonds. The second-order valence-electron chi connectivity index (χ2n) is 8.31. The Morgan fingerprint density at radius 1 is 1.08 bits per heavy atom. The minimum absolute atomic E-state index is 0.331. The van der Waals surface area contributed by atoms with E-state index in [-0.39, 0.29) is 11.2 Å². The summed E-state index contributed by atoms with van der Waals surface area (Å²) in [7, 11) is -0.428. The van der Waals surface area contributed by atoms with Crippen molar-refractivity contribution in [3.8, 4) is 0 Å². The van der Waals surface area contributed by atoms with Crippen molar-refractivity contribution in [2.45, 2.75) is 76.7 Å². The summed E-state index contributed by atoms with van der Waals surface area (Å²) in [4.78, 5) is 8.99.